The van der Waals surface area contributed by atoms with Gasteiger partial charge in [0.1, 0.15) is 11.5 Å². The highest BCUT2D eigenvalue weighted by molar-refractivity contribution is 5.79. The van der Waals surface area contributed by atoms with Crippen LogP contribution < -0.4 is 0 Å². The van der Waals surface area contributed by atoms with E-state index in [4.69, 9.17) is 0 Å². The Balaban J connectivity index is 0.000000241. The van der Waals surface area contributed by atoms with Crippen LogP contribution in [0, 0.1) is 116 Å². The molecule has 0 amide bonds. The fourth-order valence-corrected chi connectivity index (χ4v) is 18.8. The summed E-state index contributed by atoms with van der Waals surface area (Å²) in [6, 6.07) is 9.34. The number of aryl methyl sites for hydroxylation is 6. The van der Waals surface area contributed by atoms with Crippen molar-refractivity contribution in [2.24, 2.45) is 54.1 Å². The number of aromatic hydroxyl groups is 6. The lowest BCUT2D eigenvalue weighted by Crippen LogP contribution is -2.15. The van der Waals surface area contributed by atoms with Crippen molar-refractivity contribution in [2.45, 2.75) is 423 Å². The first kappa shape index (κ1) is 106. The average molecular weight is 1730 g/mol. The van der Waals surface area contributed by atoms with E-state index in [0.717, 1.165) is 141 Å². The van der Waals surface area contributed by atoms with E-state index in [-0.39, 0.29) is 61.6 Å². The number of aliphatic carboxylic acids is 5. The standard InChI is InChI=1S/3C23H36O2.2C20H30O5/c1-16-15-17(2)19(9-8-12-23(13-14-23)21(24)25)20(18(16)3)10-7-11-22(4,5)6;1-16-15-19(9-7-12-23(13-14-23)21(24)25)20(18(3)17(16)2)10-8-11-22(4,5)6;1-16-15-17(2)19(9-7-11-22(4,5)6)20(18(16)3)10-8-12-23(13-14-23)21(24)25;1-19(2,3)8-4-7-14-13(15(21)12-16(22)17(14)23)6-5-9-20(10-11-20)18(24)25;1-19(2,3)8-4-6-13-14(17(23)16(22)12-15(13)21)7-5-9-20(10-11-20)18(24)25/h3*15H,7-14H2,1-6H3,(H,24,25);2*12,21-23H,4-11H2,1-3H3,(H,24,25). The number of benzene rings is 5. The molecule has 0 aliphatic heterocycles. The normalized spacial score (nSPS) is 16.0. The van der Waals surface area contributed by atoms with Gasteiger partial charge in [0, 0.05) is 34.4 Å². The van der Waals surface area contributed by atoms with Crippen molar-refractivity contribution in [1.29, 1.82) is 0 Å². The van der Waals surface area contributed by atoms with E-state index in [0.29, 0.717) is 116 Å². The molecule has 0 heterocycles. The molecule has 5 aromatic carbocycles. The van der Waals surface area contributed by atoms with Crippen molar-refractivity contribution in [1.82, 2.24) is 0 Å². The van der Waals surface area contributed by atoms with E-state index in [9.17, 15) is 80.1 Å². The van der Waals surface area contributed by atoms with E-state index < -0.39 is 40.7 Å². The van der Waals surface area contributed by atoms with Crippen LogP contribution in [-0.2, 0) is 88.2 Å². The summed E-state index contributed by atoms with van der Waals surface area (Å²) in [5, 5.41) is 107. The first-order chi connectivity index (χ1) is 57.8. The van der Waals surface area contributed by atoms with Gasteiger partial charge in [-0.25, -0.2) is 0 Å². The first-order valence-electron chi connectivity index (χ1n) is 47.7. The minimum atomic E-state index is -0.749. The minimum absolute atomic E-state index is 0.00132. The molecule has 11 N–H and O–H groups in total. The van der Waals surface area contributed by atoms with Crippen LogP contribution in [-0.4, -0.2) is 86.0 Å². The Hall–Kier alpha value is -7.75. The molecule has 16 heteroatoms. The van der Waals surface area contributed by atoms with E-state index >= 15 is 0 Å². The van der Waals surface area contributed by atoms with Crippen LogP contribution in [0.15, 0.2) is 30.3 Å². The average Bonchev–Trinajstić information content (AvgIpc) is 1.74. The van der Waals surface area contributed by atoms with Crippen molar-refractivity contribution >= 4 is 29.8 Å². The van der Waals surface area contributed by atoms with Crippen LogP contribution in [0.2, 0.25) is 0 Å². The van der Waals surface area contributed by atoms with Gasteiger partial charge in [-0.2, -0.15) is 0 Å². The van der Waals surface area contributed by atoms with Crippen molar-refractivity contribution in [3.63, 3.8) is 0 Å². The van der Waals surface area contributed by atoms with Gasteiger partial charge in [-0.3, -0.25) is 24.0 Å². The van der Waals surface area contributed by atoms with Crippen molar-refractivity contribution in [2.75, 3.05) is 0 Å². The Morgan fingerprint density at radius 2 is 0.456 bits per heavy atom. The maximum absolute atomic E-state index is 11.4. The Bertz CT molecular complexity index is 4240. The fourth-order valence-electron chi connectivity index (χ4n) is 18.8. The Labute approximate surface area is 753 Å². The smallest absolute Gasteiger partial charge is 0.309 e. The summed E-state index contributed by atoms with van der Waals surface area (Å²) in [6.07, 6.45) is 35.5. The highest BCUT2D eigenvalue weighted by atomic mass is 16.4. The summed E-state index contributed by atoms with van der Waals surface area (Å²) >= 11 is 0. The van der Waals surface area contributed by atoms with Gasteiger partial charge in [0.2, 0.25) is 0 Å². The van der Waals surface area contributed by atoms with Gasteiger partial charge in [-0.05, 0) is 430 Å². The zero-order chi connectivity index (χ0) is 94.1. The monoisotopic (exact) mass is 1730 g/mol. The lowest BCUT2D eigenvalue weighted by Gasteiger charge is -2.21. The van der Waals surface area contributed by atoms with E-state index in [1.54, 1.807) is 0 Å². The third-order valence-electron chi connectivity index (χ3n) is 28.7. The molecule has 0 unspecified atom stereocenters. The van der Waals surface area contributed by atoms with E-state index in [2.05, 4.69) is 184 Å². The molecule has 0 spiro atoms. The second-order valence-electron chi connectivity index (χ2n) is 45.5. The number of rotatable bonds is 40. The molecular formula is C109H168O16. The molecular weight excluding hydrogens is 1570 g/mol. The predicted octanol–water partition coefficient (Wildman–Crippen LogP) is 27.2. The maximum atomic E-state index is 11.4. The van der Waals surface area contributed by atoms with E-state index in [1.807, 2.05) is 0 Å². The summed E-state index contributed by atoms with van der Waals surface area (Å²) in [5.74, 6) is -4.28. The molecule has 5 aliphatic rings. The quantitative estimate of drug-likeness (QED) is 0.0128. The molecule has 16 nitrogen and oxygen atoms in total. The summed E-state index contributed by atoms with van der Waals surface area (Å²) in [5.41, 5.74) is 23.2. The minimum Gasteiger partial charge on any atom is -0.508 e. The van der Waals surface area contributed by atoms with Crippen molar-refractivity contribution in [3.05, 3.63) is 136 Å². The highest BCUT2D eigenvalue weighted by Gasteiger charge is 2.53. The van der Waals surface area contributed by atoms with Crippen LogP contribution >= 0.6 is 0 Å². The lowest BCUT2D eigenvalue weighted by atomic mass is 9.84. The van der Waals surface area contributed by atoms with Crippen LogP contribution in [0.1, 0.15) is 402 Å². The molecule has 5 saturated carbocycles. The van der Waals surface area contributed by atoms with Gasteiger partial charge < -0.3 is 56.2 Å². The van der Waals surface area contributed by atoms with Crippen LogP contribution in [0.25, 0.3) is 0 Å². The zero-order valence-corrected chi connectivity index (χ0v) is 82.1. The second-order valence-corrected chi connectivity index (χ2v) is 45.5. The number of carboxylic acid groups (broad SMARTS) is 5. The van der Waals surface area contributed by atoms with Gasteiger partial charge >= 0.3 is 29.8 Å². The summed E-state index contributed by atoms with van der Waals surface area (Å²) in [4.78, 5) is 56.7. The SMILES string of the molecule is CC(C)(C)CCCc1c(O)c(O)cc(O)c1CCCC1(C(=O)O)CC1.CC(C)(C)CCCc1c(O)cc(O)c(O)c1CCCC1(C(=O)O)CC1.Cc1cc(C)c(CCCC(C)(C)C)c(CCCC2(C(=O)O)CC2)c1C.Cc1cc(C)c(CCCC2(C(=O)O)CC2)c(CCCC(C)(C)C)c1C.Cc1cc(CCCC2(C(=O)O)CC2)c(CCCC(C)(C)C)c(C)c1C. The van der Waals surface area contributed by atoms with Crippen LogP contribution in [0.3, 0.4) is 0 Å². The molecule has 10 rings (SSSR count). The van der Waals surface area contributed by atoms with Gasteiger partial charge in [0.05, 0.1) is 27.1 Å². The van der Waals surface area contributed by atoms with Crippen LogP contribution in [0.5, 0.6) is 34.5 Å². The molecule has 0 saturated heterocycles. The Morgan fingerprint density at radius 1 is 0.240 bits per heavy atom. The van der Waals surface area contributed by atoms with Gasteiger partial charge in [-0.1, -0.05) is 122 Å². The van der Waals surface area contributed by atoms with Crippen molar-refractivity contribution < 1.29 is 80.1 Å². The number of hydrogen-bond acceptors (Lipinski definition) is 11. The number of phenolic OH excluding ortho intramolecular Hbond substituents is 6. The maximum Gasteiger partial charge on any atom is 0.309 e. The molecule has 125 heavy (non-hydrogen) atoms. The molecule has 5 aliphatic carbocycles. The number of hydrogen-bond donors (Lipinski definition) is 11. The fraction of sp³-hybridized carbons (Fsp3) is 0.679. The Kier molecular flexibility index (Phi) is 37.4. The third kappa shape index (κ3) is 32.2. The number of carbonyl (C=O) groups is 5. The molecule has 0 aromatic heterocycles. The first-order valence-corrected chi connectivity index (χ1v) is 47.7. The predicted molar refractivity (Wildman–Crippen MR) is 508 cm³/mol. The lowest BCUT2D eigenvalue weighted by molar-refractivity contribution is -0.144. The van der Waals surface area contributed by atoms with Gasteiger partial charge in [0.25, 0.3) is 0 Å². The molecule has 0 atom stereocenters. The topological polar surface area (TPSA) is 308 Å². The summed E-state index contributed by atoms with van der Waals surface area (Å²) < 4.78 is 0. The van der Waals surface area contributed by atoms with Crippen molar-refractivity contribution in [3.8, 4) is 34.5 Å². The molecule has 0 bridgehead atoms. The largest absolute Gasteiger partial charge is 0.508 e. The zero-order valence-electron chi connectivity index (χ0n) is 82.1. The Morgan fingerprint density at radius 3 is 0.728 bits per heavy atom. The number of carboxylic acids is 5. The second kappa shape index (κ2) is 44.0. The van der Waals surface area contributed by atoms with Crippen LogP contribution in [0.4, 0.5) is 0 Å². The molecule has 5 fully saturated rings. The molecule has 5 aromatic rings. The summed E-state index contributed by atoms with van der Waals surface area (Å²) in [6.45, 7) is 53.7. The summed E-state index contributed by atoms with van der Waals surface area (Å²) in [7, 11) is 0. The molecule has 0 radical (unpaired) electrons. The van der Waals surface area contributed by atoms with Gasteiger partial charge in [-0.15, -0.1) is 0 Å². The third-order valence-corrected chi connectivity index (χ3v) is 28.7. The van der Waals surface area contributed by atoms with Gasteiger partial charge in [0.15, 0.2) is 23.0 Å². The molecule has 700 valence electrons. The van der Waals surface area contributed by atoms with E-state index in [1.165, 1.54) is 134 Å². The number of phenols is 6. The highest BCUT2D eigenvalue weighted by Crippen LogP contribution is 2.55.